The van der Waals surface area contributed by atoms with Gasteiger partial charge in [0.2, 0.25) is 0 Å². The molecule has 2 N–H and O–H groups in total. The van der Waals surface area contributed by atoms with E-state index in [0.717, 1.165) is 12.1 Å². The maximum Gasteiger partial charge on any atom is 0.417 e. The first-order valence-electron chi connectivity index (χ1n) is 5.96. The van der Waals surface area contributed by atoms with E-state index in [1.165, 1.54) is 30.3 Å². The molecular formula is C14H9ClF4N2S. The number of rotatable bonds is 2. The number of nitrogens with one attached hydrogen (secondary N) is 2. The fourth-order valence-corrected chi connectivity index (χ4v) is 2.11. The van der Waals surface area contributed by atoms with Crippen LogP contribution in [0.25, 0.3) is 0 Å². The van der Waals surface area contributed by atoms with Crippen molar-refractivity contribution in [3.63, 3.8) is 0 Å². The highest BCUT2D eigenvalue weighted by Gasteiger charge is 2.33. The van der Waals surface area contributed by atoms with Crippen molar-refractivity contribution in [3.8, 4) is 0 Å². The van der Waals surface area contributed by atoms with E-state index in [1.807, 2.05) is 0 Å². The SMILES string of the molecule is Fc1ccc(NC(=S)Nc2ccc(Cl)c(C(F)(F)F)c2)cc1. The zero-order valence-electron chi connectivity index (χ0n) is 10.8. The average Bonchev–Trinajstić information content (AvgIpc) is 2.42. The molecule has 116 valence electrons. The van der Waals surface area contributed by atoms with E-state index in [0.29, 0.717) is 5.69 Å². The van der Waals surface area contributed by atoms with Crippen LogP contribution in [-0.4, -0.2) is 5.11 Å². The van der Waals surface area contributed by atoms with E-state index in [1.54, 1.807) is 0 Å². The van der Waals surface area contributed by atoms with E-state index < -0.39 is 22.6 Å². The summed E-state index contributed by atoms with van der Waals surface area (Å²) in [5.41, 5.74) is -0.316. The average molecular weight is 349 g/mol. The molecule has 0 fully saturated rings. The Morgan fingerprint density at radius 1 is 0.955 bits per heavy atom. The second-order valence-corrected chi connectivity index (χ2v) is 5.09. The zero-order valence-corrected chi connectivity index (χ0v) is 12.4. The minimum absolute atomic E-state index is 0.0713. The third-order valence-corrected chi connectivity index (χ3v) is 3.17. The van der Waals surface area contributed by atoms with Gasteiger partial charge in [0, 0.05) is 11.4 Å². The van der Waals surface area contributed by atoms with Crippen molar-refractivity contribution >= 4 is 40.3 Å². The number of thiocarbonyl (C=S) groups is 1. The minimum atomic E-state index is -4.55. The quantitative estimate of drug-likeness (QED) is 0.568. The molecule has 0 amide bonds. The Bertz CT molecular complexity index is 686. The fourth-order valence-electron chi connectivity index (χ4n) is 1.65. The molecule has 2 nitrogen and oxygen atoms in total. The summed E-state index contributed by atoms with van der Waals surface area (Å²) < 4.78 is 51.0. The van der Waals surface area contributed by atoms with Crippen LogP contribution in [-0.2, 0) is 6.18 Å². The highest BCUT2D eigenvalue weighted by Crippen LogP contribution is 2.36. The number of hydrogen-bond acceptors (Lipinski definition) is 1. The normalized spacial score (nSPS) is 11.1. The Balaban J connectivity index is 2.10. The number of hydrogen-bond donors (Lipinski definition) is 2. The lowest BCUT2D eigenvalue weighted by Gasteiger charge is -2.14. The summed E-state index contributed by atoms with van der Waals surface area (Å²) >= 11 is 10.5. The summed E-state index contributed by atoms with van der Waals surface area (Å²) in [5.74, 6) is -0.406. The van der Waals surface area contributed by atoms with Crippen LogP contribution < -0.4 is 10.6 Å². The van der Waals surface area contributed by atoms with Crippen molar-refractivity contribution in [2.45, 2.75) is 6.18 Å². The maximum atomic E-state index is 12.8. The fraction of sp³-hybridized carbons (Fsp3) is 0.0714. The molecule has 2 aromatic rings. The van der Waals surface area contributed by atoms with Gasteiger partial charge in [0.05, 0.1) is 10.6 Å². The molecule has 0 bridgehead atoms. The topological polar surface area (TPSA) is 24.1 Å². The molecule has 22 heavy (non-hydrogen) atoms. The van der Waals surface area contributed by atoms with Gasteiger partial charge >= 0.3 is 6.18 Å². The smallest absolute Gasteiger partial charge is 0.332 e. The Hall–Kier alpha value is -1.86. The molecule has 0 unspecified atom stereocenters. The summed E-state index contributed by atoms with van der Waals surface area (Å²) in [4.78, 5) is 0. The molecule has 0 saturated carbocycles. The molecule has 0 spiro atoms. The first kappa shape index (κ1) is 16.5. The molecule has 2 aromatic carbocycles. The van der Waals surface area contributed by atoms with Crippen molar-refractivity contribution < 1.29 is 17.6 Å². The Labute approximate surface area is 134 Å². The third kappa shape index (κ3) is 4.32. The second-order valence-electron chi connectivity index (χ2n) is 4.28. The van der Waals surface area contributed by atoms with Crippen molar-refractivity contribution in [2.24, 2.45) is 0 Å². The lowest BCUT2D eigenvalue weighted by molar-refractivity contribution is -0.137. The summed E-state index contributed by atoms with van der Waals surface area (Å²) in [5, 5.41) is 5.02. The number of alkyl halides is 3. The van der Waals surface area contributed by atoms with Crippen molar-refractivity contribution in [1.82, 2.24) is 0 Å². The van der Waals surface area contributed by atoms with Crippen LogP contribution in [0, 0.1) is 5.82 Å². The molecule has 0 atom stereocenters. The molecule has 8 heteroatoms. The Kier molecular flexibility index (Phi) is 4.87. The molecule has 0 radical (unpaired) electrons. The zero-order chi connectivity index (χ0) is 16.3. The first-order valence-corrected chi connectivity index (χ1v) is 6.74. The van der Waals surface area contributed by atoms with E-state index in [9.17, 15) is 17.6 Å². The Morgan fingerprint density at radius 3 is 2.09 bits per heavy atom. The number of anilines is 2. The van der Waals surface area contributed by atoms with Crippen LogP contribution >= 0.6 is 23.8 Å². The highest BCUT2D eigenvalue weighted by atomic mass is 35.5. The number of benzene rings is 2. The van der Waals surface area contributed by atoms with Crippen LogP contribution in [0.3, 0.4) is 0 Å². The van der Waals surface area contributed by atoms with Gasteiger partial charge in [-0.2, -0.15) is 13.2 Å². The minimum Gasteiger partial charge on any atom is -0.332 e. The molecule has 0 heterocycles. The van der Waals surface area contributed by atoms with E-state index in [4.69, 9.17) is 23.8 Å². The van der Waals surface area contributed by atoms with Gasteiger partial charge in [-0.3, -0.25) is 0 Å². The lowest BCUT2D eigenvalue weighted by atomic mass is 10.2. The van der Waals surface area contributed by atoms with Crippen LogP contribution in [0.4, 0.5) is 28.9 Å². The van der Waals surface area contributed by atoms with Gasteiger partial charge in [-0.15, -0.1) is 0 Å². The van der Waals surface area contributed by atoms with Crippen LogP contribution in [0.15, 0.2) is 42.5 Å². The molecule has 0 aromatic heterocycles. The van der Waals surface area contributed by atoms with Gasteiger partial charge in [0.15, 0.2) is 5.11 Å². The largest absolute Gasteiger partial charge is 0.417 e. The number of halogens is 5. The van der Waals surface area contributed by atoms with Crippen molar-refractivity contribution in [1.29, 1.82) is 0 Å². The molecule has 0 aliphatic rings. The summed E-state index contributed by atoms with van der Waals surface area (Å²) in [6.07, 6.45) is -4.55. The van der Waals surface area contributed by atoms with E-state index in [-0.39, 0.29) is 10.8 Å². The van der Waals surface area contributed by atoms with Crippen molar-refractivity contribution in [3.05, 3.63) is 58.9 Å². The molecule has 2 rings (SSSR count). The highest BCUT2D eigenvalue weighted by molar-refractivity contribution is 7.80. The summed E-state index contributed by atoms with van der Waals surface area (Å²) in [6.45, 7) is 0. The molecule has 0 saturated heterocycles. The molecular weight excluding hydrogens is 340 g/mol. The van der Waals surface area contributed by atoms with Gasteiger partial charge in [0.1, 0.15) is 5.82 Å². The predicted octanol–water partition coefficient (Wildman–Crippen LogP) is 5.31. The van der Waals surface area contributed by atoms with E-state index in [2.05, 4.69) is 10.6 Å². The molecule has 0 aliphatic carbocycles. The standard InChI is InChI=1S/C14H9ClF4N2S/c15-12-6-5-10(7-11(12)14(17,18)19)21-13(22)20-9-3-1-8(16)2-4-9/h1-7H,(H2,20,21,22). The van der Waals surface area contributed by atoms with E-state index >= 15 is 0 Å². The predicted molar refractivity (Wildman–Crippen MR) is 82.7 cm³/mol. The first-order chi connectivity index (χ1) is 10.3. The molecule has 0 aliphatic heterocycles. The van der Waals surface area contributed by atoms with Gasteiger partial charge in [0.25, 0.3) is 0 Å². The van der Waals surface area contributed by atoms with Crippen LogP contribution in [0.2, 0.25) is 5.02 Å². The maximum absolute atomic E-state index is 12.8. The summed E-state index contributed by atoms with van der Waals surface area (Å²) in [7, 11) is 0. The van der Waals surface area contributed by atoms with Gasteiger partial charge in [-0.25, -0.2) is 4.39 Å². The van der Waals surface area contributed by atoms with Crippen LogP contribution in [0.1, 0.15) is 5.56 Å². The van der Waals surface area contributed by atoms with Gasteiger partial charge in [-0.1, -0.05) is 11.6 Å². The lowest BCUT2D eigenvalue weighted by Crippen LogP contribution is -2.19. The third-order valence-electron chi connectivity index (χ3n) is 2.63. The van der Waals surface area contributed by atoms with Crippen molar-refractivity contribution in [2.75, 3.05) is 10.6 Å². The monoisotopic (exact) mass is 348 g/mol. The van der Waals surface area contributed by atoms with Gasteiger partial charge < -0.3 is 10.6 Å². The van der Waals surface area contributed by atoms with Gasteiger partial charge in [-0.05, 0) is 54.7 Å². The Morgan fingerprint density at radius 2 is 1.50 bits per heavy atom. The summed E-state index contributed by atoms with van der Waals surface area (Å²) in [6, 6.07) is 8.73. The second kappa shape index (κ2) is 6.50. The van der Waals surface area contributed by atoms with Crippen LogP contribution in [0.5, 0.6) is 0 Å².